The van der Waals surface area contributed by atoms with Crippen LogP contribution in [0.4, 0.5) is 13.2 Å². The zero-order valence-electron chi connectivity index (χ0n) is 19.7. The van der Waals surface area contributed by atoms with E-state index in [9.17, 15) is 22.8 Å². The van der Waals surface area contributed by atoms with Gasteiger partial charge in [-0.15, -0.1) is 0 Å². The molecule has 0 spiro atoms. The van der Waals surface area contributed by atoms with Crippen LogP contribution in [0.2, 0.25) is 0 Å². The van der Waals surface area contributed by atoms with Crippen molar-refractivity contribution < 1.29 is 37.0 Å². The van der Waals surface area contributed by atoms with E-state index in [4.69, 9.17) is 14.2 Å². The van der Waals surface area contributed by atoms with Gasteiger partial charge in [0.05, 0.1) is 13.7 Å². The fourth-order valence-corrected chi connectivity index (χ4v) is 3.67. The van der Waals surface area contributed by atoms with Gasteiger partial charge in [-0.2, -0.15) is 13.2 Å². The molecule has 0 aliphatic carbocycles. The smallest absolute Gasteiger partial charge is 0.420 e. The number of amides is 2. The number of benzene rings is 2. The van der Waals surface area contributed by atoms with Crippen molar-refractivity contribution in [3.8, 4) is 17.2 Å². The van der Waals surface area contributed by atoms with E-state index < -0.39 is 17.3 Å². The molecule has 0 saturated carbocycles. The number of ether oxygens (including phenoxy) is 3. The average molecular weight is 495 g/mol. The number of carbonyl (C=O) groups is 2. The minimum atomic E-state index is -4.61. The number of rotatable bonds is 10. The van der Waals surface area contributed by atoms with E-state index in [1.54, 1.807) is 12.1 Å². The fourth-order valence-electron chi connectivity index (χ4n) is 3.67. The van der Waals surface area contributed by atoms with Crippen LogP contribution in [0.15, 0.2) is 42.5 Å². The minimum absolute atomic E-state index is 0.0720. The molecule has 1 heterocycles. The zero-order chi connectivity index (χ0) is 25.5. The van der Waals surface area contributed by atoms with Crippen LogP contribution in [0.25, 0.3) is 0 Å². The monoisotopic (exact) mass is 494 g/mol. The molecule has 1 fully saturated rings. The van der Waals surface area contributed by atoms with Gasteiger partial charge < -0.3 is 24.8 Å². The Morgan fingerprint density at radius 1 is 1.11 bits per heavy atom. The number of halogens is 3. The predicted molar refractivity (Wildman–Crippen MR) is 122 cm³/mol. The highest BCUT2D eigenvalue weighted by Crippen LogP contribution is 2.40. The molecule has 0 radical (unpaired) electrons. The van der Waals surface area contributed by atoms with Crippen LogP contribution < -0.4 is 20.1 Å². The maximum atomic E-state index is 13.4. The molecule has 190 valence electrons. The van der Waals surface area contributed by atoms with Gasteiger partial charge in [0.1, 0.15) is 28.4 Å². The van der Waals surface area contributed by atoms with Gasteiger partial charge >= 0.3 is 6.18 Å². The molecule has 35 heavy (non-hydrogen) atoms. The highest BCUT2D eigenvalue weighted by atomic mass is 19.4. The van der Waals surface area contributed by atoms with Crippen LogP contribution >= 0.6 is 0 Å². The second kappa shape index (κ2) is 11.4. The topological polar surface area (TPSA) is 85.9 Å². The van der Waals surface area contributed by atoms with Crippen molar-refractivity contribution >= 4 is 11.8 Å². The summed E-state index contributed by atoms with van der Waals surface area (Å²) >= 11 is 0. The summed E-state index contributed by atoms with van der Waals surface area (Å²) in [5.74, 6) is -0.595. The molecule has 7 nitrogen and oxygen atoms in total. The molecule has 2 amide bonds. The van der Waals surface area contributed by atoms with Crippen LogP contribution in [0.1, 0.15) is 43.7 Å². The van der Waals surface area contributed by atoms with Gasteiger partial charge in [-0.1, -0.05) is 25.5 Å². The fraction of sp³-hybridized carbons (Fsp3) is 0.440. The molecule has 10 heteroatoms. The molecule has 0 bridgehead atoms. The highest BCUT2D eigenvalue weighted by Gasteiger charge is 2.43. The molecule has 1 aliphatic heterocycles. The Kier molecular flexibility index (Phi) is 8.61. The van der Waals surface area contributed by atoms with E-state index >= 15 is 0 Å². The number of methoxy groups -OCH3 is 1. The standard InChI is InChI=1S/C25H29F3N2O5/c1-3-4-5-22(31)30-24(12-13-34-16-24)23(32)29-15-17-6-8-18(9-7-17)35-21-11-10-19(33-2)14-20(21)25(26,27)28/h6-11,14H,3-5,12-13,15-16H2,1-2H3,(H,29,32)(H,30,31). The number of nitrogens with one attached hydrogen (secondary N) is 2. The van der Waals surface area contributed by atoms with Crippen LogP contribution in [0.3, 0.4) is 0 Å². The third-order valence-electron chi connectivity index (χ3n) is 5.69. The zero-order valence-corrected chi connectivity index (χ0v) is 19.7. The third-order valence-corrected chi connectivity index (χ3v) is 5.69. The molecule has 2 aromatic carbocycles. The van der Waals surface area contributed by atoms with Gasteiger partial charge in [-0.05, 0) is 42.3 Å². The van der Waals surface area contributed by atoms with Crippen molar-refractivity contribution in [3.05, 3.63) is 53.6 Å². The van der Waals surface area contributed by atoms with E-state index in [1.807, 2.05) is 6.92 Å². The van der Waals surface area contributed by atoms with Gasteiger partial charge in [-0.3, -0.25) is 9.59 Å². The number of hydrogen-bond acceptors (Lipinski definition) is 5. The number of carbonyl (C=O) groups excluding carboxylic acids is 2. The summed E-state index contributed by atoms with van der Waals surface area (Å²) < 4.78 is 55.9. The van der Waals surface area contributed by atoms with Crippen molar-refractivity contribution in [2.24, 2.45) is 0 Å². The van der Waals surface area contributed by atoms with Gasteiger partial charge in [0.15, 0.2) is 0 Å². The first-order valence-corrected chi connectivity index (χ1v) is 11.4. The largest absolute Gasteiger partial charge is 0.497 e. The first-order valence-electron chi connectivity index (χ1n) is 11.4. The molecule has 2 N–H and O–H groups in total. The lowest BCUT2D eigenvalue weighted by atomic mass is 9.96. The average Bonchev–Trinajstić information content (AvgIpc) is 3.31. The lowest BCUT2D eigenvalue weighted by Crippen LogP contribution is -2.59. The summed E-state index contributed by atoms with van der Waals surface area (Å²) in [6, 6.07) is 9.79. The second-order valence-electron chi connectivity index (χ2n) is 8.32. The second-order valence-corrected chi connectivity index (χ2v) is 8.32. The van der Waals surface area contributed by atoms with Crippen LogP contribution in [-0.4, -0.2) is 37.7 Å². The number of unbranched alkanes of at least 4 members (excludes halogenated alkanes) is 1. The third kappa shape index (κ3) is 6.88. The van der Waals surface area contributed by atoms with E-state index in [0.29, 0.717) is 25.0 Å². The Morgan fingerprint density at radius 3 is 2.43 bits per heavy atom. The Hall–Kier alpha value is -3.27. The Balaban J connectivity index is 1.63. The highest BCUT2D eigenvalue weighted by molar-refractivity contribution is 5.92. The summed E-state index contributed by atoms with van der Waals surface area (Å²) in [6.07, 6.45) is -2.28. The van der Waals surface area contributed by atoms with E-state index in [1.165, 1.54) is 31.4 Å². The van der Waals surface area contributed by atoms with Gasteiger partial charge in [0.25, 0.3) is 0 Å². The Labute approximate surface area is 201 Å². The van der Waals surface area contributed by atoms with E-state index in [2.05, 4.69) is 10.6 Å². The van der Waals surface area contributed by atoms with E-state index in [0.717, 1.165) is 18.9 Å². The van der Waals surface area contributed by atoms with Gasteiger partial charge in [0, 0.05) is 26.0 Å². The van der Waals surface area contributed by atoms with Crippen LogP contribution in [0, 0.1) is 0 Å². The van der Waals surface area contributed by atoms with Crippen molar-refractivity contribution in [2.75, 3.05) is 20.3 Å². The quantitative estimate of drug-likeness (QED) is 0.505. The van der Waals surface area contributed by atoms with Crippen molar-refractivity contribution in [1.82, 2.24) is 10.6 Å². The van der Waals surface area contributed by atoms with Crippen molar-refractivity contribution in [3.63, 3.8) is 0 Å². The first-order chi connectivity index (χ1) is 16.7. The Bertz CT molecular complexity index is 1020. The minimum Gasteiger partial charge on any atom is -0.497 e. The summed E-state index contributed by atoms with van der Waals surface area (Å²) in [6.45, 7) is 2.63. The van der Waals surface area contributed by atoms with E-state index in [-0.39, 0.29) is 42.2 Å². The van der Waals surface area contributed by atoms with Crippen molar-refractivity contribution in [2.45, 2.75) is 50.9 Å². The van der Waals surface area contributed by atoms with Gasteiger partial charge in [-0.25, -0.2) is 0 Å². The van der Waals surface area contributed by atoms with Crippen LogP contribution in [0.5, 0.6) is 17.2 Å². The molecule has 1 saturated heterocycles. The molecule has 1 atom stereocenters. The molecule has 3 rings (SSSR count). The molecular weight excluding hydrogens is 465 g/mol. The summed E-state index contributed by atoms with van der Waals surface area (Å²) in [4.78, 5) is 25.1. The first kappa shape index (κ1) is 26.3. The SMILES string of the molecule is CCCCC(=O)NC1(C(=O)NCc2ccc(Oc3ccc(OC)cc3C(F)(F)F)cc2)CCOC1. The summed E-state index contributed by atoms with van der Waals surface area (Å²) in [7, 11) is 1.29. The lowest BCUT2D eigenvalue weighted by Gasteiger charge is -2.27. The molecule has 0 aromatic heterocycles. The lowest BCUT2D eigenvalue weighted by molar-refractivity contribution is -0.138. The molecular formula is C25H29F3N2O5. The van der Waals surface area contributed by atoms with Crippen LogP contribution in [-0.2, 0) is 27.0 Å². The number of alkyl halides is 3. The van der Waals surface area contributed by atoms with Gasteiger partial charge in [0.2, 0.25) is 11.8 Å². The van der Waals surface area contributed by atoms with Crippen molar-refractivity contribution in [1.29, 1.82) is 0 Å². The molecule has 1 unspecified atom stereocenters. The molecule has 1 aliphatic rings. The molecule has 2 aromatic rings. The predicted octanol–water partition coefficient (Wildman–Crippen LogP) is 4.59. The summed E-state index contributed by atoms with van der Waals surface area (Å²) in [5.41, 5.74) is -1.34. The maximum absolute atomic E-state index is 13.4. The maximum Gasteiger partial charge on any atom is 0.420 e. The number of hydrogen-bond donors (Lipinski definition) is 2. The summed E-state index contributed by atoms with van der Waals surface area (Å²) in [5, 5.41) is 5.65. The normalized spacial score (nSPS) is 17.6. The Morgan fingerprint density at radius 2 is 1.83 bits per heavy atom.